The maximum absolute atomic E-state index is 12.2. The van der Waals surface area contributed by atoms with E-state index in [0.29, 0.717) is 28.0 Å². The van der Waals surface area contributed by atoms with Crippen molar-refractivity contribution < 1.29 is 14.3 Å². The minimum absolute atomic E-state index is 0.321. The second-order valence-corrected chi connectivity index (χ2v) is 6.65. The summed E-state index contributed by atoms with van der Waals surface area (Å²) in [4.78, 5) is 12.2. The molecule has 2 aromatic carbocycles. The molecule has 25 heavy (non-hydrogen) atoms. The molecule has 0 saturated carbocycles. The van der Waals surface area contributed by atoms with Crippen LogP contribution in [-0.2, 0) is 0 Å². The van der Waals surface area contributed by atoms with Crippen LogP contribution in [0.2, 0.25) is 10.0 Å². The van der Waals surface area contributed by atoms with Crippen LogP contribution in [0.1, 0.15) is 48.5 Å². The maximum atomic E-state index is 12.2. The van der Waals surface area contributed by atoms with Crippen molar-refractivity contribution in [2.24, 2.45) is 0 Å². The Hall–Kier alpha value is -1.71. The number of unbranched alkanes of at least 4 members (excludes halogenated alkanes) is 3. The number of carbonyl (C=O) groups is 1. The maximum Gasteiger partial charge on any atom is 0.343 e. The van der Waals surface area contributed by atoms with E-state index in [9.17, 15) is 4.79 Å². The van der Waals surface area contributed by atoms with E-state index in [1.807, 2.05) is 0 Å². The third-order valence-electron chi connectivity index (χ3n) is 3.82. The number of benzene rings is 2. The lowest BCUT2D eigenvalue weighted by Crippen LogP contribution is -2.08. The van der Waals surface area contributed by atoms with Crippen LogP contribution >= 0.6 is 23.2 Å². The van der Waals surface area contributed by atoms with E-state index < -0.39 is 5.97 Å². The second kappa shape index (κ2) is 9.69. The second-order valence-electron chi connectivity index (χ2n) is 5.83. The standard InChI is InChI=1S/C20H22Cl2O3/c1-3-4-5-6-11-24-16-9-7-15(8-10-16)20(23)25-17-12-18(21)14(2)19(22)13-17/h7-10,12-13H,3-6,11H2,1-2H3. The van der Waals surface area contributed by atoms with Crippen LogP contribution in [0.4, 0.5) is 0 Å². The lowest BCUT2D eigenvalue weighted by molar-refractivity contribution is 0.0735. The van der Waals surface area contributed by atoms with Crippen molar-refractivity contribution >= 4 is 29.2 Å². The molecule has 0 N–H and O–H groups in total. The molecule has 0 unspecified atom stereocenters. The number of hydrogen-bond acceptors (Lipinski definition) is 3. The van der Waals surface area contributed by atoms with Gasteiger partial charge in [0.2, 0.25) is 0 Å². The summed E-state index contributed by atoms with van der Waals surface area (Å²) in [7, 11) is 0. The fraction of sp³-hybridized carbons (Fsp3) is 0.350. The first-order valence-electron chi connectivity index (χ1n) is 8.42. The van der Waals surface area contributed by atoms with Gasteiger partial charge in [0.05, 0.1) is 12.2 Å². The molecule has 0 spiro atoms. The number of ether oxygens (including phenoxy) is 2. The van der Waals surface area contributed by atoms with Crippen LogP contribution in [-0.4, -0.2) is 12.6 Å². The van der Waals surface area contributed by atoms with Crippen LogP contribution < -0.4 is 9.47 Å². The normalized spacial score (nSPS) is 10.6. The average molecular weight is 381 g/mol. The van der Waals surface area contributed by atoms with Crippen molar-refractivity contribution in [1.82, 2.24) is 0 Å². The van der Waals surface area contributed by atoms with Gasteiger partial charge in [-0.15, -0.1) is 0 Å². The number of rotatable bonds is 8. The SMILES string of the molecule is CCCCCCOc1ccc(C(=O)Oc2cc(Cl)c(C)c(Cl)c2)cc1. The third kappa shape index (κ3) is 5.94. The van der Waals surface area contributed by atoms with Crippen molar-refractivity contribution in [1.29, 1.82) is 0 Å². The van der Waals surface area contributed by atoms with Crippen LogP contribution in [0.25, 0.3) is 0 Å². The molecule has 0 aromatic heterocycles. The molecule has 0 saturated heterocycles. The zero-order valence-electron chi connectivity index (χ0n) is 14.5. The zero-order valence-corrected chi connectivity index (χ0v) is 16.0. The molecule has 0 aliphatic rings. The van der Waals surface area contributed by atoms with Gasteiger partial charge in [0.25, 0.3) is 0 Å². The molecule has 2 rings (SSSR count). The summed E-state index contributed by atoms with van der Waals surface area (Å²) in [5, 5.41) is 0.921. The molecular formula is C20H22Cl2O3. The fourth-order valence-electron chi connectivity index (χ4n) is 2.25. The van der Waals surface area contributed by atoms with Gasteiger partial charge in [0.15, 0.2) is 0 Å². The van der Waals surface area contributed by atoms with Crippen LogP contribution in [0.5, 0.6) is 11.5 Å². The Morgan fingerprint density at radius 1 is 0.960 bits per heavy atom. The van der Waals surface area contributed by atoms with Crippen LogP contribution in [0, 0.1) is 6.92 Å². The molecule has 0 heterocycles. The van der Waals surface area contributed by atoms with E-state index in [1.54, 1.807) is 43.3 Å². The molecule has 0 fully saturated rings. The summed E-state index contributed by atoms with van der Waals surface area (Å²) in [5.74, 6) is 0.599. The van der Waals surface area contributed by atoms with Gasteiger partial charge in [-0.25, -0.2) is 4.79 Å². The topological polar surface area (TPSA) is 35.5 Å². The molecule has 3 nitrogen and oxygen atoms in total. The van der Waals surface area contributed by atoms with Crippen molar-refractivity contribution in [3.8, 4) is 11.5 Å². The van der Waals surface area contributed by atoms with Gasteiger partial charge in [-0.05, 0) is 55.3 Å². The average Bonchev–Trinajstić information content (AvgIpc) is 2.60. The first-order valence-corrected chi connectivity index (χ1v) is 9.17. The zero-order chi connectivity index (χ0) is 18.2. The Morgan fingerprint density at radius 3 is 2.20 bits per heavy atom. The van der Waals surface area contributed by atoms with E-state index in [4.69, 9.17) is 32.7 Å². The van der Waals surface area contributed by atoms with Crippen molar-refractivity contribution in [3.63, 3.8) is 0 Å². The highest BCUT2D eigenvalue weighted by Crippen LogP contribution is 2.29. The largest absolute Gasteiger partial charge is 0.494 e. The van der Waals surface area contributed by atoms with Crippen LogP contribution in [0.15, 0.2) is 36.4 Å². The predicted octanol–water partition coefficient (Wildman–Crippen LogP) is 6.48. The Morgan fingerprint density at radius 2 is 1.60 bits per heavy atom. The molecule has 0 bridgehead atoms. The van der Waals surface area contributed by atoms with E-state index in [-0.39, 0.29) is 0 Å². The van der Waals surface area contributed by atoms with Gasteiger partial charge in [-0.3, -0.25) is 0 Å². The van der Waals surface area contributed by atoms with Crippen molar-refractivity contribution in [3.05, 3.63) is 57.6 Å². The molecule has 0 aliphatic heterocycles. The third-order valence-corrected chi connectivity index (χ3v) is 4.61. The molecule has 0 radical (unpaired) electrons. The summed E-state index contributed by atoms with van der Waals surface area (Å²) < 4.78 is 11.0. The molecule has 134 valence electrons. The lowest BCUT2D eigenvalue weighted by atomic mass is 10.2. The Labute approximate surface area is 158 Å². The van der Waals surface area contributed by atoms with E-state index in [2.05, 4.69) is 6.92 Å². The summed E-state index contributed by atoms with van der Waals surface area (Å²) in [6.45, 7) is 4.67. The minimum atomic E-state index is -0.467. The van der Waals surface area contributed by atoms with Crippen molar-refractivity contribution in [2.45, 2.75) is 39.5 Å². The predicted molar refractivity (Wildman–Crippen MR) is 102 cm³/mol. The number of halogens is 2. The number of hydrogen-bond donors (Lipinski definition) is 0. The number of carbonyl (C=O) groups excluding carboxylic acids is 1. The van der Waals surface area contributed by atoms with Gasteiger partial charge in [-0.2, -0.15) is 0 Å². The van der Waals surface area contributed by atoms with E-state index in [0.717, 1.165) is 17.7 Å². The highest BCUT2D eigenvalue weighted by Gasteiger charge is 2.11. The number of esters is 1. The van der Waals surface area contributed by atoms with Crippen LogP contribution in [0.3, 0.4) is 0 Å². The smallest absolute Gasteiger partial charge is 0.343 e. The summed E-state index contributed by atoms with van der Waals surface area (Å²) in [5.41, 5.74) is 1.19. The Bertz CT molecular complexity index is 688. The quantitative estimate of drug-likeness (QED) is 0.298. The highest BCUT2D eigenvalue weighted by molar-refractivity contribution is 6.36. The fourth-order valence-corrected chi connectivity index (χ4v) is 2.72. The molecule has 0 amide bonds. The molecule has 0 aliphatic carbocycles. The molecule has 5 heteroatoms. The first kappa shape index (κ1) is 19.6. The van der Waals surface area contributed by atoms with E-state index >= 15 is 0 Å². The van der Waals surface area contributed by atoms with Gasteiger partial charge < -0.3 is 9.47 Å². The molecule has 2 aromatic rings. The minimum Gasteiger partial charge on any atom is -0.494 e. The van der Waals surface area contributed by atoms with Gasteiger partial charge in [-0.1, -0.05) is 49.4 Å². The van der Waals surface area contributed by atoms with Gasteiger partial charge >= 0.3 is 5.97 Å². The highest BCUT2D eigenvalue weighted by atomic mass is 35.5. The first-order chi connectivity index (χ1) is 12.0. The summed E-state index contributed by atoms with van der Waals surface area (Å²) in [6, 6.07) is 10.1. The Kier molecular flexibility index (Phi) is 7.60. The monoisotopic (exact) mass is 380 g/mol. The van der Waals surface area contributed by atoms with Gasteiger partial charge in [0, 0.05) is 10.0 Å². The summed E-state index contributed by atoms with van der Waals surface area (Å²) in [6.07, 6.45) is 4.63. The molecular weight excluding hydrogens is 359 g/mol. The van der Waals surface area contributed by atoms with Crippen molar-refractivity contribution in [2.75, 3.05) is 6.61 Å². The lowest BCUT2D eigenvalue weighted by Gasteiger charge is -2.09. The van der Waals surface area contributed by atoms with Gasteiger partial charge in [0.1, 0.15) is 11.5 Å². The molecule has 0 atom stereocenters. The van der Waals surface area contributed by atoms with E-state index in [1.165, 1.54) is 19.3 Å². The Balaban J connectivity index is 1.92. The summed E-state index contributed by atoms with van der Waals surface area (Å²) >= 11 is 12.1.